The fourth-order valence-corrected chi connectivity index (χ4v) is 2.34. The molecule has 2 unspecified atom stereocenters. The Kier molecular flexibility index (Phi) is 4.45. The van der Waals surface area contributed by atoms with E-state index in [0.29, 0.717) is 5.41 Å². The van der Waals surface area contributed by atoms with Crippen LogP contribution in [0.5, 0.6) is 0 Å². The zero-order valence-corrected chi connectivity index (χ0v) is 12.2. The van der Waals surface area contributed by atoms with Crippen LogP contribution in [-0.2, 0) is 0 Å². The van der Waals surface area contributed by atoms with Gasteiger partial charge in [0.2, 0.25) is 0 Å². The van der Waals surface area contributed by atoms with Crippen molar-refractivity contribution < 1.29 is 0 Å². The van der Waals surface area contributed by atoms with Crippen LogP contribution in [0.25, 0.3) is 0 Å². The third-order valence-corrected chi connectivity index (χ3v) is 3.73. The van der Waals surface area contributed by atoms with Gasteiger partial charge >= 0.3 is 0 Å². The topological polar surface area (TPSA) is 12.0 Å². The van der Waals surface area contributed by atoms with Crippen molar-refractivity contribution in [2.24, 2.45) is 17.3 Å². The standard InChI is InChI=1S/C15H31N/c1-14(2,3)10-9-12-7-8-13(12)11-16-15(4,5)6/h12-13,16H,7-11H2,1-6H3. The second-order valence-electron chi connectivity index (χ2n) is 7.83. The molecule has 0 aromatic carbocycles. The second-order valence-corrected chi connectivity index (χ2v) is 7.83. The molecule has 1 N–H and O–H groups in total. The Morgan fingerprint density at radius 3 is 1.88 bits per heavy atom. The van der Waals surface area contributed by atoms with Crippen LogP contribution in [0.15, 0.2) is 0 Å². The number of rotatable bonds is 4. The lowest BCUT2D eigenvalue weighted by Gasteiger charge is -2.40. The van der Waals surface area contributed by atoms with Gasteiger partial charge in [-0.3, -0.25) is 0 Å². The Hall–Kier alpha value is -0.0400. The molecule has 1 nitrogen and oxygen atoms in total. The lowest BCUT2D eigenvalue weighted by Crippen LogP contribution is -2.43. The van der Waals surface area contributed by atoms with Crippen molar-refractivity contribution in [1.82, 2.24) is 5.32 Å². The van der Waals surface area contributed by atoms with Gasteiger partial charge in [-0.1, -0.05) is 20.8 Å². The van der Waals surface area contributed by atoms with Gasteiger partial charge in [0.25, 0.3) is 0 Å². The molecule has 0 bridgehead atoms. The monoisotopic (exact) mass is 225 g/mol. The van der Waals surface area contributed by atoms with Crippen LogP contribution >= 0.6 is 0 Å². The first-order chi connectivity index (χ1) is 7.17. The third-order valence-electron chi connectivity index (χ3n) is 3.73. The lowest BCUT2D eigenvalue weighted by atomic mass is 9.69. The number of hydrogen-bond donors (Lipinski definition) is 1. The van der Waals surface area contributed by atoms with Gasteiger partial charge in [0, 0.05) is 5.54 Å². The first-order valence-electron chi connectivity index (χ1n) is 6.92. The normalized spacial score (nSPS) is 26.6. The lowest BCUT2D eigenvalue weighted by molar-refractivity contribution is 0.133. The van der Waals surface area contributed by atoms with Crippen LogP contribution < -0.4 is 5.32 Å². The van der Waals surface area contributed by atoms with Crippen LogP contribution in [-0.4, -0.2) is 12.1 Å². The smallest absolute Gasteiger partial charge is 0.00966 e. The molecule has 0 amide bonds. The van der Waals surface area contributed by atoms with Gasteiger partial charge in [-0.25, -0.2) is 0 Å². The average Bonchev–Trinajstić information content (AvgIpc) is 1.97. The van der Waals surface area contributed by atoms with E-state index in [-0.39, 0.29) is 5.54 Å². The predicted octanol–water partition coefficient (Wildman–Crippen LogP) is 4.23. The first kappa shape index (κ1) is 14.0. The van der Waals surface area contributed by atoms with Gasteiger partial charge in [-0.15, -0.1) is 0 Å². The van der Waals surface area contributed by atoms with Crippen molar-refractivity contribution in [3.05, 3.63) is 0 Å². The van der Waals surface area contributed by atoms with E-state index in [1.807, 2.05) is 0 Å². The molecule has 0 heterocycles. The average molecular weight is 225 g/mol. The van der Waals surface area contributed by atoms with Gasteiger partial charge in [0.15, 0.2) is 0 Å². The van der Waals surface area contributed by atoms with Crippen LogP contribution in [0.3, 0.4) is 0 Å². The molecule has 1 saturated carbocycles. The van der Waals surface area contributed by atoms with Gasteiger partial charge in [0.1, 0.15) is 0 Å². The van der Waals surface area contributed by atoms with E-state index in [9.17, 15) is 0 Å². The molecule has 0 aromatic heterocycles. The molecular weight excluding hydrogens is 194 g/mol. The third kappa shape index (κ3) is 5.34. The highest BCUT2D eigenvalue weighted by atomic mass is 14.9. The number of hydrogen-bond acceptors (Lipinski definition) is 1. The maximum atomic E-state index is 3.65. The molecular formula is C15H31N. The van der Waals surface area contributed by atoms with E-state index in [0.717, 1.165) is 11.8 Å². The molecule has 16 heavy (non-hydrogen) atoms. The zero-order chi connectivity index (χ0) is 12.4. The summed E-state index contributed by atoms with van der Waals surface area (Å²) in [4.78, 5) is 0. The summed E-state index contributed by atoms with van der Waals surface area (Å²) < 4.78 is 0. The molecule has 96 valence electrons. The highest BCUT2D eigenvalue weighted by Crippen LogP contribution is 2.39. The van der Waals surface area contributed by atoms with Crippen LogP contribution in [0, 0.1) is 17.3 Å². The molecule has 2 atom stereocenters. The van der Waals surface area contributed by atoms with E-state index < -0.39 is 0 Å². The highest BCUT2D eigenvalue weighted by Gasteiger charge is 2.31. The van der Waals surface area contributed by atoms with Crippen molar-refractivity contribution in [3.8, 4) is 0 Å². The molecule has 1 fully saturated rings. The summed E-state index contributed by atoms with van der Waals surface area (Å²) in [6.07, 6.45) is 5.72. The largest absolute Gasteiger partial charge is 0.312 e. The molecule has 0 spiro atoms. The van der Waals surface area contributed by atoms with Crippen molar-refractivity contribution in [1.29, 1.82) is 0 Å². The van der Waals surface area contributed by atoms with Crippen molar-refractivity contribution in [3.63, 3.8) is 0 Å². The number of nitrogens with one attached hydrogen (secondary N) is 1. The Bertz CT molecular complexity index is 182. The van der Waals surface area contributed by atoms with Gasteiger partial charge in [-0.2, -0.15) is 0 Å². The van der Waals surface area contributed by atoms with E-state index >= 15 is 0 Å². The van der Waals surface area contributed by atoms with Crippen LogP contribution in [0.2, 0.25) is 0 Å². The first-order valence-corrected chi connectivity index (χ1v) is 6.92. The van der Waals surface area contributed by atoms with E-state index in [2.05, 4.69) is 46.9 Å². The molecule has 0 aliphatic heterocycles. The molecule has 1 rings (SSSR count). The molecule has 0 saturated heterocycles. The second kappa shape index (κ2) is 5.08. The van der Waals surface area contributed by atoms with Crippen molar-refractivity contribution >= 4 is 0 Å². The summed E-state index contributed by atoms with van der Waals surface area (Å²) in [7, 11) is 0. The van der Waals surface area contributed by atoms with Crippen LogP contribution in [0.4, 0.5) is 0 Å². The summed E-state index contributed by atoms with van der Waals surface area (Å²) in [5.74, 6) is 1.94. The minimum absolute atomic E-state index is 0.282. The zero-order valence-electron chi connectivity index (χ0n) is 12.2. The van der Waals surface area contributed by atoms with Crippen molar-refractivity contribution in [2.75, 3.05) is 6.54 Å². The molecule has 1 aliphatic rings. The van der Waals surface area contributed by atoms with E-state index in [1.165, 1.54) is 32.2 Å². The molecule has 1 heteroatoms. The maximum absolute atomic E-state index is 3.65. The van der Waals surface area contributed by atoms with E-state index in [4.69, 9.17) is 0 Å². The highest BCUT2D eigenvalue weighted by molar-refractivity contribution is 4.85. The summed E-state index contributed by atoms with van der Waals surface area (Å²) in [6, 6.07) is 0. The fourth-order valence-electron chi connectivity index (χ4n) is 2.34. The summed E-state index contributed by atoms with van der Waals surface area (Å²) >= 11 is 0. The Labute approximate surface area is 102 Å². The molecule has 1 aliphatic carbocycles. The van der Waals surface area contributed by atoms with Gasteiger partial charge < -0.3 is 5.32 Å². The quantitative estimate of drug-likeness (QED) is 0.755. The minimum atomic E-state index is 0.282. The SMILES string of the molecule is CC(C)(C)CCC1CCC1CNC(C)(C)C. The van der Waals surface area contributed by atoms with Gasteiger partial charge in [0.05, 0.1) is 0 Å². The Morgan fingerprint density at radius 2 is 1.50 bits per heavy atom. The molecule has 0 aromatic rings. The van der Waals surface area contributed by atoms with Crippen LogP contribution in [0.1, 0.15) is 67.2 Å². The summed E-state index contributed by atoms with van der Waals surface area (Å²) in [5.41, 5.74) is 0.793. The van der Waals surface area contributed by atoms with Gasteiger partial charge in [-0.05, 0) is 70.3 Å². The maximum Gasteiger partial charge on any atom is 0.00966 e. The Balaban J connectivity index is 2.20. The summed E-state index contributed by atoms with van der Waals surface area (Å²) in [5, 5.41) is 3.65. The summed E-state index contributed by atoms with van der Waals surface area (Å²) in [6.45, 7) is 15.1. The predicted molar refractivity (Wildman–Crippen MR) is 72.7 cm³/mol. The van der Waals surface area contributed by atoms with Crippen molar-refractivity contribution in [2.45, 2.75) is 72.8 Å². The fraction of sp³-hybridized carbons (Fsp3) is 1.00. The Morgan fingerprint density at radius 1 is 0.938 bits per heavy atom. The minimum Gasteiger partial charge on any atom is -0.312 e. The molecule has 0 radical (unpaired) electrons. The van der Waals surface area contributed by atoms with E-state index in [1.54, 1.807) is 0 Å².